The van der Waals surface area contributed by atoms with Gasteiger partial charge in [0.1, 0.15) is 0 Å². The van der Waals surface area contributed by atoms with Crippen LogP contribution in [0.3, 0.4) is 0 Å². The average Bonchev–Trinajstić information content (AvgIpc) is 2.75. The van der Waals surface area contributed by atoms with E-state index in [2.05, 4.69) is 32.8 Å². The fourth-order valence-corrected chi connectivity index (χ4v) is 8.91. The van der Waals surface area contributed by atoms with Crippen LogP contribution < -0.4 is 5.09 Å². The minimum atomic E-state index is -0.943. The molecule has 0 aromatic carbocycles. The first-order chi connectivity index (χ1) is 14.7. The van der Waals surface area contributed by atoms with Gasteiger partial charge in [0.25, 0.3) is 0 Å². The summed E-state index contributed by atoms with van der Waals surface area (Å²) < 4.78 is 0. The summed E-state index contributed by atoms with van der Waals surface area (Å²) in [5.74, 6) is 0. The lowest BCUT2D eigenvalue weighted by Gasteiger charge is -2.29. The molecule has 0 atom stereocenters. The highest BCUT2D eigenvalue weighted by Crippen LogP contribution is 2.57. The predicted octanol–water partition coefficient (Wildman–Crippen LogP) is 11.0. The van der Waals surface area contributed by atoms with Crippen LogP contribution in [-0.4, -0.2) is 25.0 Å². The van der Waals surface area contributed by atoms with E-state index in [1.165, 1.54) is 153 Å². The molecule has 0 aromatic rings. The number of halogens is 1. The van der Waals surface area contributed by atoms with Crippen molar-refractivity contribution < 1.29 is 0 Å². The Bertz CT molecular complexity index is 283. The summed E-state index contributed by atoms with van der Waals surface area (Å²) in [6.45, 7) is 10.6. The molecule has 0 amide bonds. The second-order valence-electron chi connectivity index (χ2n) is 9.88. The van der Waals surface area contributed by atoms with Crippen molar-refractivity contribution in [3.63, 3.8) is 0 Å². The van der Waals surface area contributed by atoms with E-state index in [1.54, 1.807) is 0 Å². The number of hydrogen-bond acceptors (Lipinski definition) is 1. The Morgan fingerprint density at radius 1 is 0.387 bits per heavy atom. The van der Waals surface area contributed by atoms with Crippen molar-refractivity contribution in [2.45, 2.75) is 156 Å². The zero-order valence-electron chi connectivity index (χ0n) is 22.3. The molecule has 1 N–H and O–H groups in total. The molecule has 0 heterocycles. The molecule has 0 unspecified atom stereocenters. The third kappa shape index (κ3) is 22.4. The van der Waals surface area contributed by atoms with E-state index in [0.29, 0.717) is 0 Å². The van der Waals surface area contributed by atoms with Gasteiger partial charge in [-0.25, -0.2) is 0 Å². The molecule has 0 saturated heterocycles. The number of unbranched alkanes of at least 4 members (excludes halogenated alkanes) is 16. The molecule has 0 spiro atoms. The molecule has 0 aliphatic carbocycles. The van der Waals surface area contributed by atoms with Gasteiger partial charge in [0, 0.05) is 6.54 Å². The maximum atomic E-state index is 4.25. The van der Waals surface area contributed by atoms with Crippen LogP contribution in [-0.2, 0) is 0 Å². The second-order valence-corrected chi connectivity index (χ2v) is 13.8. The van der Waals surface area contributed by atoms with Gasteiger partial charge < -0.3 is 0 Å². The van der Waals surface area contributed by atoms with Crippen LogP contribution in [0.2, 0.25) is 0 Å². The van der Waals surface area contributed by atoms with E-state index in [1.807, 2.05) is 0 Å². The monoisotopic (exact) mass is 522 g/mol. The van der Waals surface area contributed by atoms with E-state index >= 15 is 0 Å². The van der Waals surface area contributed by atoms with Gasteiger partial charge in [0.2, 0.25) is 0 Å². The second kappa shape index (κ2) is 27.1. The highest BCUT2D eigenvalue weighted by Gasteiger charge is 2.35. The first-order valence-electron chi connectivity index (χ1n) is 14.4. The van der Waals surface area contributed by atoms with Crippen molar-refractivity contribution in [1.82, 2.24) is 5.09 Å². The smallest absolute Gasteiger partial charge is 0.0799 e. The first-order valence-corrected chi connectivity index (χ1v) is 16.7. The van der Waals surface area contributed by atoms with Gasteiger partial charge in [-0.15, -0.1) is 17.0 Å². The molecule has 3 heteroatoms. The molecule has 0 rings (SSSR count). The molecule has 0 aliphatic rings. The maximum Gasteiger partial charge on any atom is 0.0799 e. The van der Waals surface area contributed by atoms with Crippen LogP contribution >= 0.6 is 24.4 Å². The third-order valence-corrected chi connectivity index (χ3v) is 11.2. The van der Waals surface area contributed by atoms with Crippen LogP contribution in [0, 0.1) is 0 Å². The van der Waals surface area contributed by atoms with E-state index in [4.69, 9.17) is 0 Å². The minimum Gasteiger partial charge on any atom is -0.192 e. The van der Waals surface area contributed by atoms with E-state index in [-0.39, 0.29) is 17.0 Å². The van der Waals surface area contributed by atoms with Crippen molar-refractivity contribution in [2.24, 2.45) is 0 Å². The summed E-state index contributed by atoms with van der Waals surface area (Å²) in [5.41, 5.74) is 0. The Morgan fingerprint density at radius 3 is 1.00 bits per heavy atom. The van der Waals surface area contributed by atoms with Crippen LogP contribution in [0.15, 0.2) is 0 Å². The number of hydrogen-bond donors (Lipinski definition) is 1. The van der Waals surface area contributed by atoms with E-state index in [9.17, 15) is 0 Å². The maximum absolute atomic E-state index is 4.25. The summed E-state index contributed by atoms with van der Waals surface area (Å²) >= 11 is 0. The van der Waals surface area contributed by atoms with Gasteiger partial charge in [-0.05, 0) is 44.9 Å². The Morgan fingerprint density at radius 2 is 0.677 bits per heavy atom. The SMILES string of the molecule is Br.CCCCCCCC[P+](CCCCCCCC)(CCCCCCCC)NCCCC. The van der Waals surface area contributed by atoms with E-state index in [0.717, 1.165) is 0 Å². The van der Waals surface area contributed by atoms with Gasteiger partial charge >= 0.3 is 0 Å². The first kappa shape index (κ1) is 34.0. The fourth-order valence-electron chi connectivity index (χ4n) is 4.65. The molecule has 1 nitrogen and oxygen atoms in total. The number of nitrogens with one attached hydrogen (secondary N) is 1. The average molecular weight is 524 g/mol. The molecular weight excluding hydrogens is 461 g/mol. The zero-order valence-corrected chi connectivity index (χ0v) is 24.9. The van der Waals surface area contributed by atoms with Crippen molar-refractivity contribution in [1.29, 1.82) is 0 Å². The van der Waals surface area contributed by atoms with Crippen molar-refractivity contribution >= 4 is 24.4 Å². The van der Waals surface area contributed by atoms with Gasteiger partial charge in [-0.3, -0.25) is 0 Å². The summed E-state index contributed by atoms with van der Waals surface area (Å²) in [6, 6.07) is 0. The Labute approximate surface area is 210 Å². The molecule has 190 valence electrons. The highest BCUT2D eigenvalue weighted by atomic mass is 79.9. The molecular formula is C28H62BrNP+. The quantitative estimate of drug-likeness (QED) is 0.0927. The Hall–Kier alpha value is 0.870. The van der Waals surface area contributed by atoms with Crippen LogP contribution in [0.1, 0.15) is 156 Å². The van der Waals surface area contributed by atoms with Gasteiger partial charge in [-0.1, -0.05) is 111 Å². The molecule has 0 saturated carbocycles. The van der Waals surface area contributed by atoms with Gasteiger partial charge in [-0.2, -0.15) is 5.09 Å². The molecule has 31 heavy (non-hydrogen) atoms. The zero-order chi connectivity index (χ0) is 22.2. The Balaban J connectivity index is 0. The summed E-state index contributed by atoms with van der Waals surface area (Å²) in [6.07, 6.45) is 33.4. The molecule has 0 fully saturated rings. The van der Waals surface area contributed by atoms with Crippen LogP contribution in [0.5, 0.6) is 0 Å². The normalized spacial score (nSPS) is 11.6. The number of rotatable bonds is 25. The Kier molecular flexibility index (Phi) is 29.8. The lowest BCUT2D eigenvalue weighted by Crippen LogP contribution is -2.25. The standard InChI is InChI=1S/C28H61NP.BrH/c1-5-9-13-16-19-22-26-30(29-25-12-8-4,27-23-20-17-14-10-6-2)28-24-21-18-15-11-7-3;/h29H,5-28H2,1-4H3;1H/q+1;. The van der Waals surface area contributed by atoms with E-state index < -0.39 is 7.41 Å². The fraction of sp³-hybridized carbons (Fsp3) is 1.00. The highest BCUT2D eigenvalue weighted by molar-refractivity contribution is 8.93. The molecule has 0 aromatic heterocycles. The largest absolute Gasteiger partial charge is 0.192 e. The van der Waals surface area contributed by atoms with Gasteiger partial charge in [0.15, 0.2) is 0 Å². The third-order valence-electron chi connectivity index (χ3n) is 6.80. The van der Waals surface area contributed by atoms with Gasteiger partial charge in [0.05, 0.1) is 25.9 Å². The summed E-state index contributed by atoms with van der Waals surface area (Å²) in [4.78, 5) is 0. The van der Waals surface area contributed by atoms with Crippen LogP contribution in [0.4, 0.5) is 0 Å². The van der Waals surface area contributed by atoms with Crippen molar-refractivity contribution in [2.75, 3.05) is 25.0 Å². The lowest BCUT2D eigenvalue weighted by molar-refractivity contribution is 0.612. The molecule has 0 bridgehead atoms. The summed E-state index contributed by atoms with van der Waals surface area (Å²) in [5, 5.41) is 4.25. The molecule has 0 radical (unpaired) electrons. The van der Waals surface area contributed by atoms with Crippen molar-refractivity contribution in [3.05, 3.63) is 0 Å². The van der Waals surface area contributed by atoms with Crippen molar-refractivity contribution in [3.8, 4) is 0 Å². The lowest BCUT2D eigenvalue weighted by atomic mass is 10.1. The van der Waals surface area contributed by atoms with Crippen LogP contribution in [0.25, 0.3) is 0 Å². The minimum absolute atomic E-state index is 0. The summed E-state index contributed by atoms with van der Waals surface area (Å²) in [7, 11) is -0.943. The molecule has 0 aliphatic heterocycles. The topological polar surface area (TPSA) is 12.0 Å². The predicted molar refractivity (Wildman–Crippen MR) is 155 cm³/mol.